The molecule has 0 aromatic heterocycles. The molecule has 2 aliphatic carbocycles. The second kappa shape index (κ2) is 4.04. The van der Waals surface area contributed by atoms with Crippen LogP contribution >= 0.6 is 0 Å². The Morgan fingerprint density at radius 3 is 2.86 bits per heavy atom. The van der Waals surface area contributed by atoms with Crippen molar-refractivity contribution in [3.8, 4) is 0 Å². The van der Waals surface area contributed by atoms with Crippen LogP contribution in [0.5, 0.6) is 0 Å². The summed E-state index contributed by atoms with van der Waals surface area (Å²) in [6.45, 7) is 4.65. The minimum atomic E-state index is 0.461. The summed E-state index contributed by atoms with van der Waals surface area (Å²) in [5.41, 5.74) is 0. The van der Waals surface area contributed by atoms with Gasteiger partial charge in [0.1, 0.15) is 5.78 Å². The first-order valence-corrected chi connectivity index (χ1v) is 6.26. The van der Waals surface area contributed by atoms with Crippen molar-refractivity contribution >= 4 is 5.78 Å². The first-order chi connectivity index (χ1) is 6.74. The van der Waals surface area contributed by atoms with E-state index in [9.17, 15) is 4.79 Å². The highest BCUT2D eigenvalue weighted by atomic mass is 16.1. The Kier molecular flexibility index (Phi) is 2.94. The van der Waals surface area contributed by atoms with E-state index >= 15 is 0 Å². The van der Waals surface area contributed by atoms with E-state index in [0.717, 1.165) is 30.6 Å². The van der Waals surface area contributed by atoms with Crippen LogP contribution < -0.4 is 0 Å². The van der Waals surface area contributed by atoms with Crippen LogP contribution in [-0.4, -0.2) is 5.78 Å². The molecular weight excluding hydrogens is 172 g/mol. The molecule has 1 nitrogen and oxygen atoms in total. The van der Waals surface area contributed by atoms with E-state index in [0.29, 0.717) is 11.7 Å². The number of fused-ring (bicyclic) bond motifs is 1. The molecule has 2 rings (SSSR count). The lowest BCUT2D eigenvalue weighted by Crippen LogP contribution is -2.29. The van der Waals surface area contributed by atoms with Crippen LogP contribution in [-0.2, 0) is 4.79 Å². The van der Waals surface area contributed by atoms with Crippen molar-refractivity contribution in [2.45, 2.75) is 52.4 Å². The Balaban J connectivity index is 2.06. The molecular formula is C13H22O. The van der Waals surface area contributed by atoms with Gasteiger partial charge in [-0.25, -0.2) is 0 Å². The standard InChI is InChI=1S/C13H22O/c1-3-9(2)10-7-8-12-11(10)5-4-6-13(12)14/h9-12H,3-8H2,1-2H3/t9-,10?,11?,12+/m0/s1. The van der Waals surface area contributed by atoms with Gasteiger partial charge in [-0.3, -0.25) is 4.79 Å². The molecule has 2 fully saturated rings. The minimum Gasteiger partial charge on any atom is -0.299 e. The highest BCUT2D eigenvalue weighted by molar-refractivity contribution is 5.82. The smallest absolute Gasteiger partial charge is 0.136 e. The highest BCUT2D eigenvalue weighted by Crippen LogP contribution is 2.47. The lowest BCUT2D eigenvalue weighted by Gasteiger charge is -2.31. The molecule has 0 aromatic carbocycles. The van der Waals surface area contributed by atoms with Crippen molar-refractivity contribution in [3.05, 3.63) is 0 Å². The summed E-state index contributed by atoms with van der Waals surface area (Å²) in [5.74, 6) is 3.48. The van der Waals surface area contributed by atoms with Crippen molar-refractivity contribution in [3.63, 3.8) is 0 Å². The predicted octanol–water partition coefficient (Wildman–Crippen LogP) is 3.43. The van der Waals surface area contributed by atoms with Gasteiger partial charge in [-0.05, 0) is 43.4 Å². The fourth-order valence-corrected chi connectivity index (χ4v) is 3.62. The Morgan fingerprint density at radius 1 is 1.36 bits per heavy atom. The number of hydrogen-bond acceptors (Lipinski definition) is 1. The van der Waals surface area contributed by atoms with Crippen LogP contribution in [0, 0.1) is 23.7 Å². The molecule has 0 amide bonds. The molecule has 2 unspecified atom stereocenters. The topological polar surface area (TPSA) is 17.1 Å². The molecule has 0 saturated heterocycles. The number of Topliss-reactive ketones (excluding diaryl/α,β-unsaturated/α-hetero) is 1. The van der Waals surface area contributed by atoms with Gasteiger partial charge in [0.15, 0.2) is 0 Å². The molecule has 0 N–H and O–H groups in total. The monoisotopic (exact) mass is 194 g/mol. The largest absolute Gasteiger partial charge is 0.299 e. The highest BCUT2D eigenvalue weighted by Gasteiger charge is 2.42. The van der Waals surface area contributed by atoms with E-state index in [-0.39, 0.29) is 0 Å². The molecule has 14 heavy (non-hydrogen) atoms. The van der Waals surface area contributed by atoms with E-state index in [1.54, 1.807) is 0 Å². The van der Waals surface area contributed by atoms with Crippen molar-refractivity contribution in [2.75, 3.05) is 0 Å². The average molecular weight is 194 g/mol. The molecule has 80 valence electrons. The molecule has 1 heteroatoms. The normalized spacial score (nSPS) is 39.6. The molecule has 0 heterocycles. The first-order valence-electron chi connectivity index (χ1n) is 6.26. The molecule has 0 radical (unpaired) electrons. The van der Waals surface area contributed by atoms with Gasteiger partial charge >= 0.3 is 0 Å². The van der Waals surface area contributed by atoms with E-state index in [4.69, 9.17) is 0 Å². The molecule has 0 bridgehead atoms. The van der Waals surface area contributed by atoms with Gasteiger partial charge in [-0.1, -0.05) is 20.3 Å². The van der Waals surface area contributed by atoms with Crippen LogP contribution in [0.3, 0.4) is 0 Å². The molecule has 2 saturated carbocycles. The lowest BCUT2D eigenvalue weighted by atomic mass is 9.73. The van der Waals surface area contributed by atoms with Gasteiger partial charge in [0.25, 0.3) is 0 Å². The van der Waals surface area contributed by atoms with Gasteiger partial charge < -0.3 is 0 Å². The number of rotatable bonds is 2. The van der Waals surface area contributed by atoms with E-state index in [1.165, 1.54) is 25.7 Å². The van der Waals surface area contributed by atoms with Crippen molar-refractivity contribution in [1.82, 2.24) is 0 Å². The Bertz CT molecular complexity index is 221. The summed E-state index contributed by atoms with van der Waals surface area (Å²) in [6, 6.07) is 0. The Hall–Kier alpha value is -0.330. The summed E-state index contributed by atoms with van der Waals surface area (Å²) in [4.78, 5) is 11.7. The van der Waals surface area contributed by atoms with Gasteiger partial charge in [-0.2, -0.15) is 0 Å². The van der Waals surface area contributed by atoms with Crippen molar-refractivity contribution in [2.24, 2.45) is 23.7 Å². The maximum absolute atomic E-state index is 11.7. The maximum Gasteiger partial charge on any atom is 0.136 e. The third-order valence-electron chi connectivity index (χ3n) is 4.63. The molecule has 4 atom stereocenters. The third-order valence-corrected chi connectivity index (χ3v) is 4.63. The second-order valence-corrected chi connectivity index (χ2v) is 5.26. The van der Waals surface area contributed by atoms with E-state index in [2.05, 4.69) is 13.8 Å². The zero-order valence-electron chi connectivity index (χ0n) is 9.46. The van der Waals surface area contributed by atoms with Crippen LogP contribution in [0.4, 0.5) is 0 Å². The number of carbonyl (C=O) groups excluding carboxylic acids is 1. The van der Waals surface area contributed by atoms with Crippen LogP contribution in [0.25, 0.3) is 0 Å². The summed E-state index contributed by atoms with van der Waals surface area (Å²) >= 11 is 0. The quantitative estimate of drug-likeness (QED) is 0.658. The fraction of sp³-hybridized carbons (Fsp3) is 0.923. The van der Waals surface area contributed by atoms with Gasteiger partial charge in [-0.15, -0.1) is 0 Å². The maximum atomic E-state index is 11.7. The van der Waals surface area contributed by atoms with Crippen LogP contribution in [0.15, 0.2) is 0 Å². The Morgan fingerprint density at radius 2 is 2.14 bits per heavy atom. The summed E-state index contributed by atoms with van der Waals surface area (Å²) in [5, 5.41) is 0. The SMILES string of the molecule is CC[C@H](C)C1CC[C@H]2C(=O)CCCC12. The van der Waals surface area contributed by atoms with Gasteiger partial charge in [0.2, 0.25) is 0 Å². The minimum absolute atomic E-state index is 0.461. The number of carbonyl (C=O) groups is 1. The summed E-state index contributed by atoms with van der Waals surface area (Å²) < 4.78 is 0. The van der Waals surface area contributed by atoms with E-state index in [1.807, 2.05) is 0 Å². The predicted molar refractivity (Wildman–Crippen MR) is 58.0 cm³/mol. The first kappa shape index (κ1) is 10.2. The summed E-state index contributed by atoms with van der Waals surface area (Å²) in [7, 11) is 0. The Labute approximate surface area is 87.3 Å². The second-order valence-electron chi connectivity index (χ2n) is 5.26. The summed E-state index contributed by atoms with van der Waals surface area (Å²) in [6.07, 6.45) is 7.14. The zero-order chi connectivity index (χ0) is 10.1. The number of hydrogen-bond donors (Lipinski definition) is 0. The molecule has 0 aliphatic heterocycles. The molecule has 0 spiro atoms. The molecule has 0 aromatic rings. The third kappa shape index (κ3) is 1.62. The van der Waals surface area contributed by atoms with Gasteiger partial charge in [0.05, 0.1) is 0 Å². The van der Waals surface area contributed by atoms with Crippen LogP contribution in [0.1, 0.15) is 52.4 Å². The van der Waals surface area contributed by atoms with Crippen LogP contribution in [0.2, 0.25) is 0 Å². The number of ketones is 1. The average Bonchev–Trinajstić information content (AvgIpc) is 2.62. The molecule has 2 aliphatic rings. The van der Waals surface area contributed by atoms with Gasteiger partial charge in [0, 0.05) is 12.3 Å². The van der Waals surface area contributed by atoms with E-state index < -0.39 is 0 Å². The fourth-order valence-electron chi connectivity index (χ4n) is 3.62. The van der Waals surface area contributed by atoms with Crippen molar-refractivity contribution in [1.29, 1.82) is 0 Å². The van der Waals surface area contributed by atoms with Crippen molar-refractivity contribution < 1.29 is 4.79 Å². The lowest BCUT2D eigenvalue weighted by molar-refractivity contribution is -0.126. The zero-order valence-corrected chi connectivity index (χ0v) is 9.46.